The minimum atomic E-state index is -0.357. The Bertz CT molecular complexity index is 1200. The number of methoxy groups -OCH3 is 1. The normalized spacial score (nSPS) is 16.3. The van der Waals surface area contributed by atoms with Gasteiger partial charge in [0.15, 0.2) is 0 Å². The molecule has 0 aliphatic carbocycles. The number of aryl methyl sites for hydroxylation is 1. The Hall–Kier alpha value is -3.39. The van der Waals surface area contributed by atoms with Crippen LogP contribution < -0.4 is 10.2 Å². The highest BCUT2D eigenvalue weighted by Gasteiger charge is 2.31. The van der Waals surface area contributed by atoms with E-state index in [9.17, 15) is 9.59 Å². The Morgan fingerprint density at radius 1 is 1.27 bits per heavy atom. The average molecular weight is 509 g/mol. The molecule has 3 aromatic rings. The van der Waals surface area contributed by atoms with Crippen LogP contribution in [0.5, 0.6) is 5.75 Å². The van der Waals surface area contributed by atoms with Gasteiger partial charge in [0.25, 0.3) is 5.91 Å². The van der Waals surface area contributed by atoms with Gasteiger partial charge in [0, 0.05) is 23.3 Å². The molecule has 1 unspecified atom stereocenters. The third kappa shape index (κ3) is 5.17. The summed E-state index contributed by atoms with van der Waals surface area (Å²) in [5, 5.41) is 1.42. The Morgan fingerprint density at radius 2 is 2.09 bits per heavy atom. The first kappa shape index (κ1) is 22.8. The summed E-state index contributed by atoms with van der Waals surface area (Å²) in [7, 11) is 1.60. The summed E-state index contributed by atoms with van der Waals surface area (Å²) < 4.78 is 8.30. The number of ether oxygens (including phenoxy) is 1. The second kappa shape index (κ2) is 10.0. The van der Waals surface area contributed by atoms with Crippen molar-refractivity contribution in [2.75, 3.05) is 13.7 Å². The predicted molar refractivity (Wildman–Crippen MR) is 130 cm³/mol. The van der Waals surface area contributed by atoms with Gasteiger partial charge in [-0.05, 0) is 55.2 Å². The standard InChI is InChI=1S/C25H25BrN4O3/c1-17-15-29(16-27-17)22-11-9-18(14-23(22)33-2)10-12-24(31)28-30-13-5-7-20(25(30)32)19-6-3-4-8-21(19)26/h3-4,6,8-12,14-16,20H,5,7,13H2,1-2H3,(H,28,31)/b12-10+. The maximum Gasteiger partial charge on any atom is 0.262 e. The lowest BCUT2D eigenvalue weighted by Gasteiger charge is -2.32. The molecule has 1 aromatic heterocycles. The second-order valence-corrected chi connectivity index (χ2v) is 8.72. The molecule has 0 bridgehead atoms. The van der Waals surface area contributed by atoms with Crippen LogP contribution >= 0.6 is 15.9 Å². The molecule has 0 spiro atoms. The first-order valence-electron chi connectivity index (χ1n) is 10.7. The number of hydrazine groups is 1. The number of nitrogens with zero attached hydrogens (tertiary/aromatic N) is 3. The van der Waals surface area contributed by atoms with E-state index in [1.165, 1.54) is 11.1 Å². The van der Waals surface area contributed by atoms with E-state index in [2.05, 4.69) is 26.3 Å². The maximum atomic E-state index is 13.0. The quantitative estimate of drug-likeness (QED) is 0.500. The van der Waals surface area contributed by atoms with Crippen LogP contribution in [-0.4, -0.2) is 40.0 Å². The largest absolute Gasteiger partial charge is 0.495 e. The minimum Gasteiger partial charge on any atom is -0.495 e. The van der Waals surface area contributed by atoms with E-state index < -0.39 is 0 Å². The lowest BCUT2D eigenvalue weighted by atomic mass is 9.90. The van der Waals surface area contributed by atoms with Gasteiger partial charge in [0.05, 0.1) is 30.7 Å². The summed E-state index contributed by atoms with van der Waals surface area (Å²) in [6.45, 7) is 2.42. The van der Waals surface area contributed by atoms with Crippen LogP contribution in [0.4, 0.5) is 0 Å². The van der Waals surface area contributed by atoms with Gasteiger partial charge in [-0.1, -0.05) is 40.2 Å². The van der Waals surface area contributed by atoms with Crippen LogP contribution in [0.25, 0.3) is 11.8 Å². The number of rotatable bonds is 6. The average Bonchev–Trinajstić information content (AvgIpc) is 3.25. The fourth-order valence-electron chi connectivity index (χ4n) is 3.94. The summed E-state index contributed by atoms with van der Waals surface area (Å²) in [6.07, 6.45) is 8.33. The van der Waals surface area contributed by atoms with E-state index in [-0.39, 0.29) is 17.7 Å². The van der Waals surface area contributed by atoms with Crippen molar-refractivity contribution < 1.29 is 14.3 Å². The first-order chi connectivity index (χ1) is 16.0. The molecule has 0 radical (unpaired) electrons. The Morgan fingerprint density at radius 3 is 2.82 bits per heavy atom. The third-order valence-corrected chi connectivity index (χ3v) is 6.31. The van der Waals surface area contributed by atoms with E-state index >= 15 is 0 Å². The number of benzene rings is 2. The number of piperidine rings is 1. The highest BCUT2D eigenvalue weighted by atomic mass is 79.9. The molecule has 1 aliphatic rings. The molecule has 1 atom stereocenters. The van der Waals surface area contributed by atoms with Gasteiger partial charge in [0.1, 0.15) is 5.75 Å². The number of aromatic nitrogens is 2. The molecule has 2 aromatic carbocycles. The highest BCUT2D eigenvalue weighted by molar-refractivity contribution is 9.10. The topological polar surface area (TPSA) is 76.5 Å². The van der Waals surface area contributed by atoms with E-state index in [1.54, 1.807) is 19.5 Å². The molecule has 1 aliphatic heterocycles. The fraction of sp³-hybridized carbons (Fsp3) is 0.240. The van der Waals surface area contributed by atoms with Crippen molar-refractivity contribution >= 4 is 33.8 Å². The number of hydrogen-bond donors (Lipinski definition) is 1. The first-order valence-corrected chi connectivity index (χ1v) is 11.5. The van der Waals surface area contributed by atoms with Crippen molar-refractivity contribution in [2.24, 2.45) is 0 Å². The summed E-state index contributed by atoms with van der Waals surface area (Å²) in [5.74, 6) is -0.0689. The van der Waals surface area contributed by atoms with Gasteiger partial charge in [-0.25, -0.2) is 4.98 Å². The van der Waals surface area contributed by atoms with Gasteiger partial charge >= 0.3 is 0 Å². The Kier molecular flexibility index (Phi) is 6.93. The van der Waals surface area contributed by atoms with Gasteiger partial charge in [0.2, 0.25) is 5.91 Å². The number of hydrogen-bond acceptors (Lipinski definition) is 4. The van der Waals surface area contributed by atoms with E-state index in [4.69, 9.17) is 4.74 Å². The molecule has 1 saturated heterocycles. The zero-order valence-electron chi connectivity index (χ0n) is 18.5. The van der Waals surface area contributed by atoms with E-state index in [0.717, 1.165) is 39.8 Å². The molecule has 1 N–H and O–H groups in total. The predicted octanol–water partition coefficient (Wildman–Crippen LogP) is 4.40. The SMILES string of the molecule is COc1cc(/C=C/C(=O)NN2CCCC(c3ccccc3Br)C2=O)ccc1-n1cnc(C)c1. The zero-order chi connectivity index (χ0) is 23.4. The summed E-state index contributed by atoms with van der Waals surface area (Å²) in [6, 6.07) is 13.4. The maximum absolute atomic E-state index is 13.0. The summed E-state index contributed by atoms with van der Waals surface area (Å²) in [5.41, 5.74) is 6.24. The number of halogens is 1. The molecular formula is C25H25BrN4O3. The molecule has 33 heavy (non-hydrogen) atoms. The van der Waals surface area contributed by atoms with Crippen molar-refractivity contribution in [1.82, 2.24) is 20.0 Å². The highest BCUT2D eigenvalue weighted by Crippen LogP contribution is 2.32. The molecule has 8 heteroatoms. The Labute approximate surface area is 201 Å². The van der Waals surface area contributed by atoms with Gasteiger partial charge in [-0.3, -0.25) is 20.0 Å². The Balaban J connectivity index is 1.43. The third-order valence-electron chi connectivity index (χ3n) is 5.59. The van der Waals surface area contributed by atoms with Crippen molar-refractivity contribution in [3.05, 3.63) is 82.4 Å². The summed E-state index contributed by atoms with van der Waals surface area (Å²) in [4.78, 5) is 29.8. The molecule has 7 nitrogen and oxygen atoms in total. The molecule has 0 saturated carbocycles. The molecule has 170 valence electrons. The molecular weight excluding hydrogens is 484 g/mol. The summed E-state index contributed by atoms with van der Waals surface area (Å²) >= 11 is 3.53. The molecule has 1 fully saturated rings. The lowest BCUT2D eigenvalue weighted by Crippen LogP contribution is -2.50. The molecule has 4 rings (SSSR count). The van der Waals surface area contributed by atoms with Crippen LogP contribution in [-0.2, 0) is 9.59 Å². The number of imidazole rings is 1. The lowest BCUT2D eigenvalue weighted by molar-refractivity contribution is -0.143. The number of carbonyl (C=O) groups is 2. The minimum absolute atomic E-state index is 0.100. The van der Waals surface area contributed by atoms with Crippen molar-refractivity contribution in [1.29, 1.82) is 0 Å². The van der Waals surface area contributed by atoms with Gasteiger partial charge in [-0.15, -0.1) is 0 Å². The van der Waals surface area contributed by atoms with E-state index in [0.29, 0.717) is 12.3 Å². The smallest absolute Gasteiger partial charge is 0.262 e. The van der Waals surface area contributed by atoms with Crippen molar-refractivity contribution in [3.8, 4) is 11.4 Å². The number of nitrogens with one attached hydrogen (secondary N) is 1. The van der Waals surface area contributed by atoms with Crippen LogP contribution in [0.3, 0.4) is 0 Å². The van der Waals surface area contributed by atoms with Gasteiger partial charge in [-0.2, -0.15) is 0 Å². The number of carbonyl (C=O) groups excluding carboxylic acids is 2. The molecule has 2 amide bonds. The van der Waals surface area contributed by atoms with Gasteiger partial charge < -0.3 is 9.30 Å². The van der Waals surface area contributed by atoms with Crippen LogP contribution in [0.2, 0.25) is 0 Å². The van der Waals surface area contributed by atoms with Crippen LogP contribution in [0, 0.1) is 6.92 Å². The fourth-order valence-corrected chi connectivity index (χ4v) is 4.50. The van der Waals surface area contributed by atoms with E-state index in [1.807, 2.05) is 60.2 Å². The van der Waals surface area contributed by atoms with Crippen LogP contribution in [0.1, 0.15) is 35.6 Å². The second-order valence-electron chi connectivity index (χ2n) is 7.87. The van der Waals surface area contributed by atoms with Crippen molar-refractivity contribution in [2.45, 2.75) is 25.7 Å². The monoisotopic (exact) mass is 508 g/mol. The van der Waals surface area contributed by atoms with Crippen molar-refractivity contribution in [3.63, 3.8) is 0 Å². The zero-order valence-corrected chi connectivity index (χ0v) is 20.1. The van der Waals surface area contributed by atoms with Crippen LogP contribution in [0.15, 0.2) is 65.5 Å². The number of amides is 2. The molecule has 2 heterocycles.